The van der Waals surface area contributed by atoms with Gasteiger partial charge < -0.3 is 9.88 Å². The molecule has 0 fully saturated rings. The van der Waals surface area contributed by atoms with E-state index in [2.05, 4.69) is 121 Å². The van der Waals surface area contributed by atoms with Crippen LogP contribution in [0.4, 0.5) is 0 Å². The Morgan fingerprint density at radius 3 is 1.85 bits per heavy atom. The van der Waals surface area contributed by atoms with Gasteiger partial charge >= 0.3 is 0 Å². The molecule has 4 aromatic carbocycles. The Morgan fingerprint density at radius 2 is 1.27 bits per heavy atom. The van der Waals surface area contributed by atoms with E-state index in [-0.39, 0.29) is 6.04 Å². The van der Waals surface area contributed by atoms with Gasteiger partial charge in [0.05, 0.1) is 11.0 Å². The van der Waals surface area contributed by atoms with Crippen LogP contribution in [0.1, 0.15) is 33.9 Å². The third-order valence-corrected chi connectivity index (χ3v) is 6.27. The number of fused-ring (bicyclic) bond motifs is 3. The first kappa shape index (κ1) is 21.1. The van der Waals surface area contributed by atoms with Crippen molar-refractivity contribution in [2.24, 2.45) is 0 Å². The first-order valence-electron chi connectivity index (χ1n) is 11.4. The van der Waals surface area contributed by atoms with Crippen molar-refractivity contribution in [2.45, 2.75) is 33.0 Å². The van der Waals surface area contributed by atoms with Crippen LogP contribution in [0.25, 0.3) is 21.8 Å². The lowest BCUT2D eigenvalue weighted by Crippen LogP contribution is -2.13. The average molecular weight is 429 g/mol. The highest BCUT2D eigenvalue weighted by molar-refractivity contribution is 6.08. The van der Waals surface area contributed by atoms with E-state index in [1.807, 2.05) is 0 Å². The molecule has 1 unspecified atom stereocenters. The van der Waals surface area contributed by atoms with E-state index in [9.17, 15) is 0 Å². The molecule has 2 nitrogen and oxygen atoms in total. The van der Waals surface area contributed by atoms with Crippen LogP contribution in [0.15, 0.2) is 91.0 Å². The number of aryl methyl sites for hydroxylation is 2. The van der Waals surface area contributed by atoms with Gasteiger partial charge in [0.15, 0.2) is 0 Å². The number of terminal acetylenes is 1. The first-order valence-corrected chi connectivity index (χ1v) is 11.4. The van der Waals surface area contributed by atoms with Crippen LogP contribution < -0.4 is 5.32 Å². The number of hydrogen-bond donors (Lipinski definition) is 1. The van der Waals surface area contributed by atoms with Gasteiger partial charge in [-0.1, -0.05) is 95.9 Å². The number of aromatic nitrogens is 1. The van der Waals surface area contributed by atoms with E-state index >= 15 is 0 Å². The van der Waals surface area contributed by atoms with Crippen LogP contribution in [-0.2, 0) is 13.1 Å². The Hall–Kier alpha value is -3.80. The van der Waals surface area contributed by atoms with Gasteiger partial charge in [0.25, 0.3) is 0 Å². The molecule has 0 aliphatic carbocycles. The molecule has 0 spiro atoms. The number of nitrogens with zero attached hydrogens (tertiary/aromatic N) is 1. The Balaban J connectivity index is 1.39. The summed E-state index contributed by atoms with van der Waals surface area (Å²) in [5, 5.41) is 6.04. The fourth-order valence-electron chi connectivity index (χ4n) is 4.89. The summed E-state index contributed by atoms with van der Waals surface area (Å²) in [6.07, 6.45) is 6.10. The molecular formula is C31H28N2. The SMILES string of the molecule is C#CC(c1ccc(CNCc2cc(C)cc(C)c2)cc1)n1c2ccccc2c2ccccc21. The van der Waals surface area contributed by atoms with Gasteiger partial charge in [0, 0.05) is 23.9 Å². The Labute approximate surface area is 195 Å². The lowest BCUT2D eigenvalue weighted by atomic mass is 10.0. The highest BCUT2D eigenvalue weighted by Crippen LogP contribution is 2.33. The quantitative estimate of drug-likeness (QED) is 0.290. The van der Waals surface area contributed by atoms with Gasteiger partial charge in [-0.3, -0.25) is 0 Å². The summed E-state index contributed by atoms with van der Waals surface area (Å²) in [7, 11) is 0. The summed E-state index contributed by atoms with van der Waals surface area (Å²) in [5.74, 6) is 3.05. The normalized spacial score (nSPS) is 12.2. The number of benzene rings is 4. The second kappa shape index (κ2) is 8.98. The van der Waals surface area contributed by atoms with Gasteiger partial charge in [-0.25, -0.2) is 0 Å². The molecule has 33 heavy (non-hydrogen) atoms. The maximum Gasteiger partial charge on any atom is 0.120 e. The minimum absolute atomic E-state index is 0.160. The van der Waals surface area contributed by atoms with Gasteiger partial charge in [-0.2, -0.15) is 0 Å². The van der Waals surface area contributed by atoms with Crippen LogP contribution in [0.2, 0.25) is 0 Å². The van der Waals surface area contributed by atoms with Crippen LogP contribution in [0.3, 0.4) is 0 Å². The van der Waals surface area contributed by atoms with Crippen LogP contribution in [0.5, 0.6) is 0 Å². The zero-order chi connectivity index (χ0) is 22.8. The molecular weight excluding hydrogens is 400 g/mol. The van der Waals surface area contributed by atoms with E-state index in [0.717, 1.165) is 18.7 Å². The molecule has 1 heterocycles. The molecule has 5 rings (SSSR count). The fraction of sp³-hybridized carbons (Fsp3) is 0.161. The van der Waals surface area contributed by atoms with Crippen LogP contribution >= 0.6 is 0 Å². The van der Waals surface area contributed by atoms with Crippen molar-refractivity contribution in [1.82, 2.24) is 9.88 Å². The van der Waals surface area contributed by atoms with Gasteiger partial charge in [0.1, 0.15) is 6.04 Å². The molecule has 0 bridgehead atoms. The maximum atomic E-state index is 6.10. The first-order chi connectivity index (χ1) is 16.1. The molecule has 5 aromatic rings. The highest BCUT2D eigenvalue weighted by atomic mass is 15.0. The number of rotatable bonds is 6. The standard InChI is InChI=1S/C31H28N2/c1-4-29(33-30-11-7-5-9-27(30)28-10-6-8-12-31(28)33)26-15-13-24(14-16-26)20-32-21-25-18-22(2)17-23(3)19-25/h1,5-19,29,32H,20-21H2,2-3H3. The van der Waals surface area contributed by atoms with Gasteiger partial charge in [-0.05, 0) is 42.7 Å². The third kappa shape index (κ3) is 4.16. The van der Waals surface area contributed by atoms with Crippen molar-refractivity contribution in [2.75, 3.05) is 0 Å². The van der Waals surface area contributed by atoms with Crippen molar-refractivity contribution in [3.8, 4) is 12.3 Å². The second-order valence-electron chi connectivity index (χ2n) is 8.81. The highest BCUT2D eigenvalue weighted by Gasteiger charge is 2.17. The molecule has 1 aromatic heterocycles. The van der Waals surface area contributed by atoms with Gasteiger partial charge in [-0.15, -0.1) is 6.42 Å². The average Bonchev–Trinajstić information content (AvgIpc) is 3.15. The van der Waals surface area contributed by atoms with Crippen molar-refractivity contribution < 1.29 is 0 Å². The Kier molecular flexibility index (Phi) is 5.73. The summed E-state index contributed by atoms with van der Waals surface area (Å²) in [6.45, 7) is 5.98. The second-order valence-corrected chi connectivity index (χ2v) is 8.81. The zero-order valence-electron chi connectivity index (χ0n) is 19.2. The number of nitrogens with one attached hydrogen (secondary N) is 1. The molecule has 1 N–H and O–H groups in total. The predicted molar refractivity (Wildman–Crippen MR) is 139 cm³/mol. The van der Waals surface area contributed by atoms with E-state index in [1.54, 1.807) is 0 Å². The molecule has 0 saturated heterocycles. The van der Waals surface area contributed by atoms with Crippen molar-refractivity contribution in [1.29, 1.82) is 0 Å². The number of para-hydroxylation sites is 2. The molecule has 0 saturated carbocycles. The zero-order valence-corrected chi connectivity index (χ0v) is 19.2. The summed E-state index contributed by atoms with van der Waals surface area (Å²) in [6, 6.07) is 32.2. The molecule has 2 heteroatoms. The minimum Gasteiger partial charge on any atom is -0.322 e. The monoisotopic (exact) mass is 428 g/mol. The van der Waals surface area contributed by atoms with Crippen molar-refractivity contribution in [3.05, 3.63) is 119 Å². The van der Waals surface area contributed by atoms with Crippen LogP contribution in [0, 0.1) is 26.2 Å². The van der Waals surface area contributed by atoms with Crippen molar-refractivity contribution >= 4 is 21.8 Å². The largest absolute Gasteiger partial charge is 0.322 e. The predicted octanol–water partition coefficient (Wildman–Crippen LogP) is 6.92. The molecule has 0 radical (unpaired) electrons. The minimum atomic E-state index is -0.160. The van der Waals surface area contributed by atoms with E-state index < -0.39 is 0 Å². The smallest absolute Gasteiger partial charge is 0.120 e. The fourth-order valence-corrected chi connectivity index (χ4v) is 4.89. The lowest BCUT2D eigenvalue weighted by Gasteiger charge is -2.17. The molecule has 0 aliphatic heterocycles. The van der Waals surface area contributed by atoms with E-state index in [1.165, 1.54) is 44.1 Å². The molecule has 162 valence electrons. The third-order valence-electron chi connectivity index (χ3n) is 6.27. The maximum absolute atomic E-state index is 6.10. The Bertz CT molecular complexity index is 1390. The number of hydrogen-bond acceptors (Lipinski definition) is 1. The lowest BCUT2D eigenvalue weighted by molar-refractivity contribution is 0.691. The summed E-state index contributed by atoms with van der Waals surface area (Å²) in [5.41, 5.74) is 8.65. The topological polar surface area (TPSA) is 17.0 Å². The van der Waals surface area contributed by atoms with Gasteiger partial charge in [0.2, 0.25) is 0 Å². The Morgan fingerprint density at radius 1 is 0.727 bits per heavy atom. The molecule has 0 amide bonds. The summed E-state index contributed by atoms with van der Waals surface area (Å²) in [4.78, 5) is 0. The van der Waals surface area contributed by atoms with Crippen molar-refractivity contribution in [3.63, 3.8) is 0 Å². The summed E-state index contributed by atoms with van der Waals surface area (Å²) < 4.78 is 2.29. The van der Waals surface area contributed by atoms with Crippen LogP contribution in [-0.4, -0.2) is 4.57 Å². The molecule has 0 aliphatic rings. The van der Waals surface area contributed by atoms with E-state index in [0.29, 0.717) is 0 Å². The molecule has 1 atom stereocenters. The summed E-state index contributed by atoms with van der Waals surface area (Å²) >= 11 is 0. The van der Waals surface area contributed by atoms with E-state index in [4.69, 9.17) is 6.42 Å².